The number of nitrogens with zero attached hydrogens (tertiary/aromatic N) is 1. The number of para-hydroxylation sites is 1. The second-order valence-corrected chi connectivity index (χ2v) is 11.2. The molecule has 38 heavy (non-hydrogen) atoms. The number of nitrogens with one attached hydrogen (secondary N) is 1. The number of fused-ring (bicyclic) bond motifs is 1. The first-order chi connectivity index (χ1) is 18.7. The molecule has 1 saturated heterocycles. The molecule has 0 spiro atoms. The maximum Gasteiger partial charge on any atom is 0.119 e. The van der Waals surface area contributed by atoms with Crippen LogP contribution < -0.4 is 14.8 Å². The van der Waals surface area contributed by atoms with Crippen LogP contribution in [0.4, 0.5) is 5.69 Å². The highest BCUT2D eigenvalue weighted by molar-refractivity contribution is 5.55. The van der Waals surface area contributed by atoms with E-state index < -0.39 is 0 Å². The van der Waals surface area contributed by atoms with Crippen molar-refractivity contribution in [2.45, 2.75) is 70.3 Å². The van der Waals surface area contributed by atoms with E-state index >= 15 is 0 Å². The van der Waals surface area contributed by atoms with Crippen LogP contribution in [-0.2, 0) is 19.3 Å². The maximum absolute atomic E-state index is 6.06. The number of benzene rings is 3. The molecular weight excluding hydrogens is 468 g/mol. The minimum absolute atomic E-state index is 0.339. The van der Waals surface area contributed by atoms with E-state index in [0.717, 1.165) is 43.9 Å². The molecule has 1 aliphatic carbocycles. The molecule has 202 valence electrons. The third-order valence-corrected chi connectivity index (χ3v) is 8.28. The Hall–Kier alpha value is -2.98. The first-order valence-corrected chi connectivity index (χ1v) is 14.6. The number of hydrogen-bond donors (Lipinski definition) is 1. The largest absolute Gasteiger partial charge is 0.497 e. The molecule has 4 heteroatoms. The van der Waals surface area contributed by atoms with Crippen LogP contribution in [0.25, 0.3) is 0 Å². The van der Waals surface area contributed by atoms with Crippen molar-refractivity contribution in [1.29, 1.82) is 0 Å². The first kappa shape index (κ1) is 26.6. The van der Waals surface area contributed by atoms with Gasteiger partial charge >= 0.3 is 0 Å². The zero-order valence-corrected chi connectivity index (χ0v) is 23.3. The standard InChI is InChI=1S/C34H44N2O2/c1-26(23-27-11-16-31(17-12-27)38-22-21-36-19-7-3-4-8-20-36)35-34-10-6-5-9-33(34)30-14-13-29-25-32(37-2)18-15-28(29)24-30/h5-6,9-12,15-18,25-26,30,35H,3-4,7-8,13-14,19-24H2,1-2H3. The summed E-state index contributed by atoms with van der Waals surface area (Å²) >= 11 is 0. The van der Waals surface area contributed by atoms with E-state index in [0.29, 0.717) is 12.0 Å². The minimum atomic E-state index is 0.339. The summed E-state index contributed by atoms with van der Waals surface area (Å²) in [6, 6.07) is 24.5. The van der Waals surface area contributed by atoms with Crippen molar-refractivity contribution in [1.82, 2.24) is 4.90 Å². The van der Waals surface area contributed by atoms with Crippen LogP contribution in [0.5, 0.6) is 11.5 Å². The summed E-state index contributed by atoms with van der Waals surface area (Å²) in [5, 5.41) is 3.83. The van der Waals surface area contributed by atoms with Crippen molar-refractivity contribution in [3.63, 3.8) is 0 Å². The quantitative estimate of drug-likeness (QED) is 0.310. The Balaban J connectivity index is 1.13. The van der Waals surface area contributed by atoms with E-state index in [1.54, 1.807) is 7.11 Å². The molecule has 1 aliphatic heterocycles. The molecule has 0 aromatic heterocycles. The van der Waals surface area contributed by atoms with E-state index in [4.69, 9.17) is 9.47 Å². The average Bonchev–Trinajstić information content (AvgIpc) is 3.22. The van der Waals surface area contributed by atoms with Gasteiger partial charge in [0.05, 0.1) is 7.11 Å². The lowest BCUT2D eigenvalue weighted by atomic mass is 9.79. The summed E-state index contributed by atoms with van der Waals surface area (Å²) in [6.45, 7) is 6.53. The SMILES string of the molecule is COc1ccc2c(c1)CCC(c1ccccc1NC(C)Cc1ccc(OCCN3CCCCCC3)cc1)C2. The third kappa shape index (κ3) is 7.11. The number of methoxy groups -OCH3 is 1. The molecule has 1 fully saturated rings. The molecule has 0 radical (unpaired) electrons. The fourth-order valence-electron chi connectivity index (χ4n) is 6.15. The fourth-order valence-corrected chi connectivity index (χ4v) is 6.15. The molecule has 5 rings (SSSR count). The van der Waals surface area contributed by atoms with Crippen LogP contribution in [-0.4, -0.2) is 44.3 Å². The highest BCUT2D eigenvalue weighted by Gasteiger charge is 2.23. The Morgan fingerprint density at radius 1 is 0.895 bits per heavy atom. The molecule has 2 atom stereocenters. The van der Waals surface area contributed by atoms with Crippen LogP contribution in [0.1, 0.15) is 67.2 Å². The zero-order valence-electron chi connectivity index (χ0n) is 23.3. The molecule has 3 aromatic rings. The molecule has 4 nitrogen and oxygen atoms in total. The lowest BCUT2D eigenvalue weighted by Crippen LogP contribution is -2.29. The van der Waals surface area contributed by atoms with Gasteiger partial charge in [-0.25, -0.2) is 0 Å². The Kier molecular flexibility index (Phi) is 9.24. The van der Waals surface area contributed by atoms with Crippen LogP contribution in [0.3, 0.4) is 0 Å². The first-order valence-electron chi connectivity index (χ1n) is 14.6. The van der Waals surface area contributed by atoms with Gasteiger partial charge in [-0.1, -0.05) is 49.2 Å². The van der Waals surface area contributed by atoms with Crippen molar-refractivity contribution in [3.8, 4) is 11.5 Å². The minimum Gasteiger partial charge on any atom is -0.497 e. The normalized spacial score (nSPS) is 18.7. The monoisotopic (exact) mass is 512 g/mol. The van der Waals surface area contributed by atoms with Gasteiger partial charge in [-0.05, 0) is 117 Å². The Bertz CT molecular complexity index is 1150. The Morgan fingerprint density at radius 2 is 1.66 bits per heavy atom. The van der Waals surface area contributed by atoms with Crippen molar-refractivity contribution in [2.24, 2.45) is 0 Å². The number of hydrogen-bond acceptors (Lipinski definition) is 4. The molecule has 3 aromatic carbocycles. The van der Waals surface area contributed by atoms with E-state index in [1.165, 1.54) is 73.1 Å². The molecule has 1 heterocycles. The van der Waals surface area contributed by atoms with Crippen molar-refractivity contribution < 1.29 is 9.47 Å². The van der Waals surface area contributed by atoms with Crippen LogP contribution >= 0.6 is 0 Å². The topological polar surface area (TPSA) is 33.7 Å². The fraction of sp³-hybridized carbons (Fsp3) is 0.471. The van der Waals surface area contributed by atoms with E-state index in [1.807, 2.05) is 0 Å². The average molecular weight is 513 g/mol. The Labute approximate surface area is 229 Å². The van der Waals surface area contributed by atoms with Gasteiger partial charge in [-0.2, -0.15) is 0 Å². The van der Waals surface area contributed by atoms with Gasteiger partial charge in [-0.3, -0.25) is 4.90 Å². The lowest BCUT2D eigenvalue weighted by molar-refractivity contribution is 0.214. The van der Waals surface area contributed by atoms with Gasteiger partial charge in [0.15, 0.2) is 0 Å². The van der Waals surface area contributed by atoms with Gasteiger partial charge in [0.2, 0.25) is 0 Å². The van der Waals surface area contributed by atoms with Gasteiger partial charge in [0, 0.05) is 18.3 Å². The van der Waals surface area contributed by atoms with Crippen LogP contribution in [0, 0.1) is 0 Å². The smallest absolute Gasteiger partial charge is 0.119 e. The highest BCUT2D eigenvalue weighted by atomic mass is 16.5. The van der Waals surface area contributed by atoms with Gasteiger partial charge in [0.25, 0.3) is 0 Å². The molecule has 1 N–H and O–H groups in total. The molecule has 2 aliphatic rings. The third-order valence-electron chi connectivity index (χ3n) is 8.28. The van der Waals surface area contributed by atoms with E-state index in [-0.39, 0.29) is 0 Å². The Morgan fingerprint density at radius 3 is 2.45 bits per heavy atom. The van der Waals surface area contributed by atoms with Crippen LogP contribution in [0.15, 0.2) is 66.7 Å². The van der Waals surface area contributed by atoms with E-state index in [9.17, 15) is 0 Å². The number of ether oxygens (including phenoxy) is 2. The predicted molar refractivity (Wildman–Crippen MR) is 158 cm³/mol. The highest BCUT2D eigenvalue weighted by Crippen LogP contribution is 2.37. The molecule has 2 unspecified atom stereocenters. The zero-order chi connectivity index (χ0) is 26.2. The molecular formula is C34H44N2O2. The van der Waals surface area contributed by atoms with Crippen molar-refractivity contribution in [2.75, 3.05) is 38.7 Å². The lowest BCUT2D eigenvalue weighted by Gasteiger charge is -2.28. The summed E-state index contributed by atoms with van der Waals surface area (Å²) < 4.78 is 11.5. The summed E-state index contributed by atoms with van der Waals surface area (Å²) in [4.78, 5) is 2.55. The summed E-state index contributed by atoms with van der Waals surface area (Å²) in [5.41, 5.74) is 6.94. The van der Waals surface area contributed by atoms with Gasteiger partial charge in [0.1, 0.15) is 18.1 Å². The van der Waals surface area contributed by atoms with Crippen LogP contribution in [0.2, 0.25) is 0 Å². The molecule has 0 bridgehead atoms. The number of rotatable bonds is 10. The number of likely N-dealkylation sites (tertiary alicyclic amines) is 1. The summed E-state index contributed by atoms with van der Waals surface area (Å²) in [7, 11) is 1.75. The number of aryl methyl sites for hydroxylation is 1. The predicted octanol–water partition coefficient (Wildman–Crippen LogP) is 7.27. The van der Waals surface area contributed by atoms with Crippen molar-refractivity contribution >= 4 is 5.69 Å². The second kappa shape index (κ2) is 13.2. The summed E-state index contributed by atoms with van der Waals surface area (Å²) in [6.07, 6.45) is 9.76. The number of anilines is 1. The summed E-state index contributed by atoms with van der Waals surface area (Å²) in [5.74, 6) is 2.48. The molecule has 0 saturated carbocycles. The van der Waals surface area contributed by atoms with Gasteiger partial charge in [-0.15, -0.1) is 0 Å². The second-order valence-electron chi connectivity index (χ2n) is 11.2. The molecule has 0 amide bonds. The maximum atomic E-state index is 6.06. The van der Waals surface area contributed by atoms with E-state index in [2.05, 4.69) is 83.9 Å². The van der Waals surface area contributed by atoms with Crippen molar-refractivity contribution in [3.05, 3.63) is 89.0 Å². The van der Waals surface area contributed by atoms with Gasteiger partial charge < -0.3 is 14.8 Å².